The molecule has 1 spiro atoms. The van der Waals surface area contributed by atoms with Gasteiger partial charge in [-0.2, -0.15) is 5.10 Å². The van der Waals surface area contributed by atoms with E-state index in [0.717, 1.165) is 35.8 Å². The highest BCUT2D eigenvalue weighted by Gasteiger charge is 2.60. The molecule has 5 aliphatic rings. The first kappa shape index (κ1) is 18.9. The van der Waals surface area contributed by atoms with Crippen molar-refractivity contribution >= 4 is 34.8 Å². The molecule has 5 heteroatoms. The number of fused-ring (bicyclic) bond motifs is 1. The van der Waals surface area contributed by atoms with Gasteiger partial charge in [0, 0.05) is 22.4 Å². The van der Waals surface area contributed by atoms with Gasteiger partial charge >= 0.3 is 0 Å². The monoisotopic (exact) mass is 438 g/mol. The lowest BCUT2D eigenvalue weighted by Gasteiger charge is -2.60. The van der Waals surface area contributed by atoms with E-state index in [1.54, 1.807) is 18.2 Å². The van der Waals surface area contributed by atoms with Gasteiger partial charge in [-0.25, -0.2) is 5.43 Å². The average molecular weight is 439 g/mol. The van der Waals surface area contributed by atoms with E-state index < -0.39 is 0 Å². The second-order valence-electron chi connectivity index (χ2n) is 9.69. The number of hydrazone groups is 1. The SMILES string of the molecule is O=C(NN=C1CC2(c3ccccc31)C1CC3CC(C1)CC2C3)c1ccc(Cl)cc1Cl. The van der Waals surface area contributed by atoms with Gasteiger partial charge < -0.3 is 0 Å². The highest BCUT2D eigenvalue weighted by Crippen LogP contribution is 2.66. The highest BCUT2D eigenvalue weighted by molar-refractivity contribution is 6.36. The van der Waals surface area contributed by atoms with E-state index in [1.807, 2.05) is 0 Å². The third kappa shape index (κ3) is 2.71. The van der Waals surface area contributed by atoms with E-state index >= 15 is 0 Å². The van der Waals surface area contributed by atoms with Crippen LogP contribution < -0.4 is 5.43 Å². The third-order valence-electron chi connectivity index (χ3n) is 8.26. The van der Waals surface area contributed by atoms with Gasteiger partial charge in [-0.3, -0.25) is 4.79 Å². The second-order valence-corrected chi connectivity index (χ2v) is 10.5. The van der Waals surface area contributed by atoms with Crippen molar-refractivity contribution in [3.8, 4) is 0 Å². The fraction of sp³-hybridized carbons (Fsp3) is 0.440. The molecular weight excluding hydrogens is 415 g/mol. The molecule has 5 aliphatic carbocycles. The molecule has 0 aliphatic heterocycles. The summed E-state index contributed by atoms with van der Waals surface area (Å²) < 4.78 is 0. The maximum atomic E-state index is 12.7. The van der Waals surface area contributed by atoms with Crippen LogP contribution >= 0.6 is 23.2 Å². The molecule has 3 nitrogen and oxygen atoms in total. The molecular formula is C25H24Cl2N2O. The van der Waals surface area contributed by atoms with Gasteiger partial charge in [0.15, 0.2) is 0 Å². The average Bonchev–Trinajstić information content (AvgIpc) is 3.05. The van der Waals surface area contributed by atoms with Crippen LogP contribution in [0.3, 0.4) is 0 Å². The first-order chi connectivity index (χ1) is 14.5. The van der Waals surface area contributed by atoms with E-state index in [1.165, 1.54) is 43.2 Å². The van der Waals surface area contributed by atoms with E-state index in [0.29, 0.717) is 15.6 Å². The van der Waals surface area contributed by atoms with Crippen molar-refractivity contribution in [3.05, 3.63) is 69.2 Å². The molecule has 2 aromatic carbocycles. The predicted octanol–water partition coefficient (Wildman–Crippen LogP) is 6.23. The molecule has 2 aromatic rings. The largest absolute Gasteiger partial charge is 0.272 e. The van der Waals surface area contributed by atoms with Gasteiger partial charge in [-0.15, -0.1) is 0 Å². The van der Waals surface area contributed by atoms with Crippen LogP contribution in [0.1, 0.15) is 60.0 Å². The standard InChI is InChI=1S/C25H24Cl2N2O/c26-18-5-6-20(22(27)12-18)24(30)29-28-23-13-25(21-4-2-1-3-19(21)23)16-8-14-7-15(10-16)11-17(25)9-14/h1-6,12,14-17H,7-11,13H2,(H,29,30). The molecule has 0 aromatic heterocycles. The number of benzene rings is 2. The zero-order chi connectivity index (χ0) is 20.5. The van der Waals surface area contributed by atoms with Crippen LogP contribution in [0.4, 0.5) is 0 Å². The molecule has 1 N–H and O–H groups in total. The van der Waals surface area contributed by atoms with Crippen LogP contribution in [-0.2, 0) is 5.41 Å². The van der Waals surface area contributed by atoms with Crippen molar-refractivity contribution in [2.24, 2.45) is 28.8 Å². The van der Waals surface area contributed by atoms with Gasteiger partial charge in [0.2, 0.25) is 0 Å². The Hall–Kier alpha value is -1.84. The molecule has 4 saturated carbocycles. The molecule has 0 atom stereocenters. The van der Waals surface area contributed by atoms with Gasteiger partial charge in [-0.1, -0.05) is 47.5 Å². The van der Waals surface area contributed by atoms with Crippen molar-refractivity contribution < 1.29 is 4.79 Å². The quantitative estimate of drug-likeness (QED) is 0.554. The molecule has 1 amide bonds. The number of amides is 1. The molecule has 0 unspecified atom stereocenters. The number of rotatable bonds is 2. The minimum atomic E-state index is -0.298. The van der Waals surface area contributed by atoms with Crippen molar-refractivity contribution in [3.63, 3.8) is 0 Å². The molecule has 4 bridgehead atoms. The van der Waals surface area contributed by atoms with Crippen LogP contribution in [0.25, 0.3) is 0 Å². The maximum Gasteiger partial charge on any atom is 0.272 e. The summed E-state index contributed by atoms with van der Waals surface area (Å²) in [6, 6.07) is 13.6. The van der Waals surface area contributed by atoms with E-state index in [9.17, 15) is 4.79 Å². The van der Waals surface area contributed by atoms with Crippen molar-refractivity contribution in [2.45, 2.75) is 43.9 Å². The van der Waals surface area contributed by atoms with Crippen molar-refractivity contribution in [1.82, 2.24) is 5.43 Å². The molecule has 4 fully saturated rings. The first-order valence-corrected chi connectivity index (χ1v) is 11.7. The molecule has 0 saturated heterocycles. The van der Waals surface area contributed by atoms with Gasteiger partial charge in [-0.05, 0) is 79.5 Å². The number of nitrogens with zero attached hydrogens (tertiary/aromatic N) is 1. The summed E-state index contributed by atoms with van der Waals surface area (Å²) in [7, 11) is 0. The van der Waals surface area contributed by atoms with Crippen molar-refractivity contribution in [1.29, 1.82) is 0 Å². The number of hydrogen-bond donors (Lipinski definition) is 1. The van der Waals surface area contributed by atoms with Crippen LogP contribution in [0, 0.1) is 23.7 Å². The van der Waals surface area contributed by atoms with Gasteiger partial charge in [0.05, 0.1) is 16.3 Å². The molecule has 154 valence electrons. The van der Waals surface area contributed by atoms with Crippen LogP contribution in [0.2, 0.25) is 10.0 Å². The Bertz CT molecular complexity index is 1050. The zero-order valence-electron chi connectivity index (χ0n) is 16.7. The van der Waals surface area contributed by atoms with Crippen LogP contribution in [0.15, 0.2) is 47.6 Å². The molecule has 7 rings (SSSR count). The van der Waals surface area contributed by atoms with Gasteiger partial charge in [0.1, 0.15) is 0 Å². The Kier molecular flexibility index (Phi) is 4.30. The summed E-state index contributed by atoms with van der Waals surface area (Å²) >= 11 is 12.2. The fourth-order valence-corrected chi connectivity index (χ4v) is 7.81. The Morgan fingerprint density at radius 3 is 2.37 bits per heavy atom. The Balaban J connectivity index is 1.34. The van der Waals surface area contributed by atoms with E-state index in [4.69, 9.17) is 23.2 Å². The summed E-state index contributed by atoms with van der Waals surface area (Å²) in [5.74, 6) is 3.07. The summed E-state index contributed by atoms with van der Waals surface area (Å²) in [4.78, 5) is 12.7. The number of nitrogens with one attached hydrogen (secondary N) is 1. The Morgan fingerprint density at radius 2 is 1.67 bits per heavy atom. The van der Waals surface area contributed by atoms with Gasteiger partial charge in [0.25, 0.3) is 5.91 Å². The first-order valence-electron chi connectivity index (χ1n) is 11.0. The number of carbonyl (C=O) groups is 1. The molecule has 0 heterocycles. The normalized spacial score (nSPS) is 34.5. The lowest BCUT2D eigenvalue weighted by molar-refractivity contribution is -0.0557. The second kappa shape index (κ2) is 6.83. The summed E-state index contributed by atoms with van der Waals surface area (Å²) in [5, 5.41) is 5.49. The Labute approximate surface area is 186 Å². The number of halogens is 2. The van der Waals surface area contributed by atoms with E-state index in [2.05, 4.69) is 34.8 Å². The summed E-state index contributed by atoms with van der Waals surface area (Å²) in [6.07, 6.45) is 7.84. The highest BCUT2D eigenvalue weighted by atomic mass is 35.5. The maximum absolute atomic E-state index is 12.7. The minimum absolute atomic E-state index is 0.214. The minimum Gasteiger partial charge on any atom is -0.267 e. The summed E-state index contributed by atoms with van der Waals surface area (Å²) in [6.45, 7) is 0. The Morgan fingerprint density at radius 1 is 0.967 bits per heavy atom. The fourth-order valence-electron chi connectivity index (χ4n) is 7.31. The lowest BCUT2D eigenvalue weighted by atomic mass is 9.44. The van der Waals surface area contributed by atoms with Crippen molar-refractivity contribution in [2.75, 3.05) is 0 Å². The number of carbonyl (C=O) groups excluding carboxylic acids is 1. The van der Waals surface area contributed by atoms with Crippen LogP contribution in [-0.4, -0.2) is 11.6 Å². The van der Waals surface area contributed by atoms with Crippen LogP contribution in [0.5, 0.6) is 0 Å². The zero-order valence-corrected chi connectivity index (χ0v) is 18.2. The summed E-state index contributed by atoms with van der Waals surface area (Å²) in [5.41, 5.74) is 7.07. The molecule has 0 radical (unpaired) electrons. The smallest absolute Gasteiger partial charge is 0.267 e. The lowest BCUT2D eigenvalue weighted by Crippen LogP contribution is -2.54. The topological polar surface area (TPSA) is 41.5 Å². The predicted molar refractivity (Wildman–Crippen MR) is 120 cm³/mol. The molecule has 30 heavy (non-hydrogen) atoms. The van der Waals surface area contributed by atoms with E-state index in [-0.39, 0.29) is 11.3 Å². The number of hydrogen-bond acceptors (Lipinski definition) is 2. The third-order valence-corrected chi connectivity index (χ3v) is 8.81.